The van der Waals surface area contributed by atoms with Gasteiger partial charge in [0, 0.05) is 17.7 Å². The molecule has 104 valence electrons. The normalized spacial score (nSPS) is 17.1. The van der Waals surface area contributed by atoms with Crippen molar-refractivity contribution < 1.29 is 9.59 Å². The molecule has 20 heavy (non-hydrogen) atoms. The first-order chi connectivity index (χ1) is 9.60. The molecule has 2 rings (SSSR count). The summed E-state index contributed by atoms with van der Waals surface area (Å²) in [4.78, 5) is 23.1. The number of rotatable bonds is 2. The number of nitrogens with one attached hydrogen (secondary N) is 2. The summed E-state index contributed by atoms with van der Waals surface area (Å²) in [5, 5.41) is 5.43. The van der Waals surface area contributed by atoms with E-state index in [9.17, 15) is 9.59 Å². The molecule has 0 aromatic heterocycles. The lowest BCUT2D eigenvalue weighted by Gasteiger charge is -2.11. The monoisotopic (exact) mass is 271 g/mol. The summed E-state index contributed by atoms with van der Waals surface area (Å²) >= 11 is 0. The number of anilines is 1. The third-order valence-corrected chi connectivity index (χ3v) is 3.14. The highest BCUT2D eigenvalue weighted by Gasteiger charge is 2.27. The van der Waals surface area contributed by atoms with Gasteiger partial charge in [0.15, 0.2) is 0 Å². The van der Waals surface area contributed by atoms with Crippen molar-refractivity contribution in [3.05, 3.63) is 29.3 Å². The van der Waals surface area contributed by atoms with E-state index in [-0.39, 0.29) is 11.8 Å². The number of nitrogens with two attached hydrogens (primary N) is 1. The van der Waals surface area contributed by atoms with Crippen molar-refractivity contribution in [2.45, 2.75) is 25.8 Å². The number of hydrogen-bond acceptors (Lipinski definition) is 3. The number of amides is 2. The average molecular weight is 271 g/mol. The van der Waals surface area contributed by atoms with E-state index in [4.69, 9.17) is 5.73 Å². The largest absolute Gasteiger partial charge is 0.344 e. The molecule has 5 heteroatoms. The molecule has 4 N–H and O–H groups in total. The highest BCUT2D eigenvalue weighted by molar-refractivity contribution is 5.99. The van der Waals surface area contributed by atoms with Crippen molar-refractivity contribution in [2.75, 3.05) is 11.9 Å². The minimum atomic E-state index is -0.442. The molecule has 1 aliphatic rings. The zero-order valence-electron chi connectivity index (χ0n) is 11.3. The second kappa shape index (κ2) is 6.22. The van der Waals surface area contributed by atoms with Crippen LogP contribution in [-0.4, -0.2) is 24.4 Å². The van der Waals surface area contributed by atoms with E-state index in [1.165, 1.54) is 0 Å². The maximum atomic E-state index is 12.0. The third-order valence-electron chi connectivity index (χ3n) is 3.14. The molecule has 2 amide bonds. The van der Waals surface area contributed by atoms with Gasteiger partial charge in [-0.15, -0.1) is 0 Å². The topological polar surface area (TPSA) is 84.2 Å². The Bertz CT molecular complexity index is 599. The molecule has 1 aliphatic heterocycles. The van der Waals surface area contributed by atoms with Crippen molar-refractivity contribution in [3.8, 4) is 11.8 Å². The van der Waals surface area contributed by atoms with Gasteiger partial charge in [0.1, 0.15) is 6.04 Å². The van der Waals surface area contributed by atoms with E-state index in [1.54, 1.807) is 0 Å². The molecule has 1 atom stereocenters. The van der Waals surface area contributed by atoms with Gasteiger partial charge in [-0.3, -0.25) is 9.59 Å². The van der Waals surface area contributed by atoms with Crippen LogP contribution in [0.2, 0.25) is 0 Å². The Hall–Kier alpha value is -2.32. The number of carbonyl (C=O) groups is 2. The van der Waals surface area contributed by atoms with E-state index in [0.717, 1.165) is 11.1 Å². The zero-order chi connectivity index (χ0) is 14.5. The van der Waals surface area contributed by atoms with Crippen LogP contribution in [0.15, 0.2) is 18.2 Å². The Morgan fingerprint density at radius 1 is 1.55 bits per heavy atom. The van der Waals surface area contributed by atoms with Crippen molar-refractivity contribution in [3.63, 3.8) is 0 Å². The molecule has 1 aromatic carbocycles. The zero-order valence-corrected chi connectivity index (χ0v) is 11.3. The highest BCUT2D eigenvalue weighted by Crippen LogP contribution is 2.16. The number of benzene rings is 1. The molecule has 5 nitrogen and oxygen atoms in total. The second-order valence-corrected chi connectivity index (χ2v) is 4.68. The van der Waals surface area contributed by atoms with E-state index in [2.05, 4.69) is 22.5 Å². The van der Waals surface area contributed by atoms with Crippen LogP contribution in [0.4, 0.5) is 5.69 Å². The van der Waals surface area contributed by atoms with Gasteiger partial charge in [-0.25, -0.2) is 0 Å². The van der Waals surface area contributed by atoms with Crippen LogP contribution in [0.25, 0.3) is 0 Å². The first-order valence-corrected chi connectivity index (χ1v) is 6.50. The van der Waals surface area contributed by atoms with Crippen LogP contribution >= 0.6 is 0 Å². The molecule has 1 fully saturated rings. The molecule has 0 bridgehead atoms. The molecular weight excluding hydrogens is 254 g/mol. The fourth-order valence-electron chi connectivity index (χ4n) is 2.02. The Labute approximate surface area is 117 Å². The summed E-state index contributed by atoms with van der Waals surface area (Å²) in [5.41, 5.74) is 7.89. The van der Waals surface area contributed by atoms with E-state index in [0.29, 0.717) is 25.1 Å². The van der Waals surface area contributed by atoms with Crippen LogP contribution in [0, 0.1) is 18.8 Å². The minimum absolute atomic E-state index is 0.0800. The fourth-order valence-corrected chi connectivity index (χ4v) is 2.02. The van der Waals surface area contributed by atoms with Gasteiger partial charge < -0.3 is 16.4 Å². The lowest BCUT2D eigenvalue weighted by molar-refractivity contribution is -0.122. The Morgan fingerprint density at radius 2 is 2.35 bits per heavy atom. The Kier molecular flexibility index (Phi) is 4.38. The highest BCUT2D eigenvalue weighted by atomic mass is 16.2. The van der Waals surface area contributed by atoms with Gasteiger partial charge in [0.2, 0.25) is 11.8 Å². The second-order valence-electron chi connectivity index (χ2n) is 4.68. The predicted octanol–water partition coefficient (Wildman–Crippen LogP) is 0.522. The van der Waals surface area contributed by atoms with Crippen LogP contribution < -0.4 is 16.4 Å². The van der Waals surface area contributed by atoms with Crippen molar-refractivity contribution in [2.24, 2.45) is 5.73 Å². The smallest absolute Gasteiger partial charge is 0.246 e. The maximum Gasteiger partial charge on any atom is 0.246 e. The number of hydrogen-bond donors (Lipinski definition) is 3. The SMILES string of the molecule is Cc1ccc(NC(=O)C2CCC(=O)N2)cc1C#CCN. The van der Waals surface area contributed by atoms with E-state index >= 15 is 0 Å². The van der Waals surface area contributed by atoms with Crippen LogP contribution in [0.1, 0.15) is 24.0 Å². The molecule has 0 aliphatic carbocycles. The summed E-state index contributed by atoms with van der Waals surface area (Å²) < 4.78 is 0. The third kappa shape index (κ3) is 3.37. The van der Waals surface area contributed by atoms with Crippen molar-refractivity contribution in [1.82, 2.24) is 5.32 Å². The Balaban J connectivity index is 2.09. The van der Waals surface area contributed by atoms with Gasteiger partial charge in [-0.1, -0.05) is 17.9 Å². The van der Waals surface area contributed by atoms with Crippen LogP contribution in [-0.2, 0) is 9.59 Å². The predicted molar refractivity (Wildman–Crippen MR) is 76.9 cm³/mol. The summed E-state index contributed by atoms with van der Waals surface area (Å²) in [6, 6.07) is 5.08. The minimum Gasteiger partial charge on any atom is -0.344 e. The summed E-state index contributed by atoms with van der Waals surface area (Å²) in [7, 11) is 0. The van der Waals surface area contributed by atoms with Gasteiger partial charge in [-0.05, 0) is 31.0 Å². The quantitative estimate of drug-likeness (QED) is 0.686. The fraction of sp³-hybridized carbons (Fsp3) is 0.333. The standard InChI is InChI=1S/C15H17N3O2/c1-10-4-5-12(9-11(10)3-2-8-16)17-15(20)13-6-7-14(19)18-13/h4-5,9,13H,6-8,16H2,1H3,(H,17,20)(H,18,19). The molecular formula is C15H17N3O2. The summed E-state index contributed by atoms with van der Waals surface area (Å²) in [5.74, 6) is 5.48. The van der Waals surface area contributed by atoms with Gasteiger partial charge in [-0.2, -0.15) is 0 Å². The van der Waals surface area contributed by atoms with Crippen molar-refractivity contribution >= 4 is 17.5 Å². The maximum absolute atomic E-state index is 12.0. The number of carbonyl (C=O) groups excluding carboxylic acids is 2. The molecule has 0 saturated carbocycles. The van der Waals surface area contributed by atoms with E-state index in [1.807, 2.05) is 25.1 Å². The Morgan fingerprint density at radius 3 is 3.00 bits per heavy atom. The molecule has 1 heterocycles. The van der Waals surface area contributed by atoms with Crippen molar-refractivity contribution in [1.29, 1.82) is 0 Å². The summed E-state index contributed by atoms with van der Waals surface area (Å²) in [6.45, 7) is 2.24. The van der Waals surface area contributed by atoms with Gasteiger partial charge in [0.05, 0.1) is 6.54 Å². The van der Waals surface area contributed by atoms with Gasteiger partial charge in [0.25, 0.3) is 0 Å². The van der Waals surface area contributed by atoms with E-state index < -0.39 is 6.04 Å². The molecule has 1 unspecified atom stereocenters. The first-order valence-electron chi connectivity index (χ1n) is 6.50. The lowest BCUT2D eigenvalue weighted by Crippen LogP contribution is -2.37. The average Bonchev–Trinajstić information content (AvgIpc) is 2.86. The molecule has 1 aromatic rings. The van der Waals surface area contributed by atoms with Crippen LogP contribution in [0.3, 0.4) is 0 Å². The molecule has 1 saturated heterocycles. The molecule has 0 spiro atoms. The van der Waals surface area contributed by atoms with Gasteiger partial charge >= 0.3 is 0 Å². The summed E-state index contributed by atoms with van der Waals surface area (Å²) in [6.07, 6.45) is 0.940. The first kappa shape index (κ1) is 14.1. The molecule has 0 radical (unpaired) electrons. The van der Waals surface area contributed by atoms with Crippen LogP contribution in [0.5, 0.6) is 0 Å². The number of aryl methyl sites for hydroxylation is 1. The lowest BCUT2D eigenvalue weighted by atomic mass is 10.1.